The topological polar surface area (TPSA) is 34.1 Å². The number of rotatable bonds is 11. The van der Waals surface area contributed by atoms with E-state index in [0.717, 1.165) is 12.8 Å². The first kappa shape index (κ1) is 18.8. The highest BCUT2D eigenvalue weighted by Gasteiger charge is 2.20. The Balaban J connectivity index is 4.44. The molecule has 0 aromatic rings. The number of carbonyl (C=O) groups excluding carboxylic acids is 2. The highest BCUT2D eigenvalue weighted by atomic mass is 16.1. The van der Waals surface area contributed by atoms with Crippen molar-refractivity contribution in [3.8, 4) is 0 Å². The minimum absolute atomic E-state index is 0.231. The van der Waals surface area contributed by atoms with Crippen molar-refractivity contribution in [1.29, 1.82) is 0 Å². The molecule has 0 amide bonds. The maximum atomic E-state index is 11.2. The Bertz CT molecular complexity index is 309. The molecule has 4 atom stereocenters. The lowest BCUT2D eigenvalue weighted by Crippen LogP contribution is -2.17. The molecule has 114 valence electrons. The minimum atomic E-state index is 0.231. The molecule has 0 spiro atoms. The Labute approximate surface area is 124 Å². The third kappa shape index (κ3) is 7.42. The fourth-order valence-corrected chi connectivity index (χ4v) is 2.86. The Morgan fingerprint density at radius 2 is 1.15 bits per heavy atom. The first-order chi connectivity index (χ1) is 9.31. The van der Waals surface area contributed by atoms with E-state index in [1.807, 2.05) is 12.2 Å². The SMILES string of the molecule is C=C[C@H](CC[C@H](C=C)[C@@H](C)CC(C)=O)[C@H](C)CC(C)=O. The van der Waals surface area contributed by atoms with Crippen LogP contribution in [0.4, 0.5) is 0 Å². The summed E-state index contributed by atoms with van der Waals surface area (Å²) in [7, 11) is 0. The number of ketones is 2. The zero-order valence-electron chi connectivity index (χ0n) is 13.5. The van der Waals surface area contributed by atoms with E-state index in [0.29, 0.717) is 36.5 Å². The molecular weight excluding hydrogens is 248 g/mol. The highest BCUT2D eigenvalue weighted by molar-refractivity contribution is 5.76. The number of hydrogen-bond donors (Lipinski definition) is 0. The molecule has 0 bridgehead atoms. The van der Waals surface area contributed by atoms with Crippen LogP contribution in [0.2, 0.25) is 0 Å². The van der Waals surface area contributed by atoms with Crippen LogP contribution in [-0.2, 0) is 9.59 Å². The van der Waals surface area contributed by atoms with Crippen molar-refractivity contribution in [3.05, 3.63) is 25.3 Å². The predicted molar refractivity (Wildman–Crippen MR) is 85.5 cm³/mol. The van der Waals surface area contributed by atoms with Gasteiger partial charge in [-0.25, -0.2) is 0 Å². The average molecular weight is 278 g/mol. The molecular formula is C18H30O2. The molecule has 0 rings (SSSR count). The van der Waals surface area contributed by atoms with Crippen molar-refractivity contribution >= 4 is 11.6 Å². The average Bonchev–Trinajstić information content (AvgIpc) is 2.32. The third-order valence-electron chi connectivity index (χ3n) is 4.12. The second-order valence-electron chi connectivity index (χ2n) is 6.14. The van der Waals surface area contributed by atoms with Gasteiger partial charge < -0.3 is 9.59 Å². The molecule has 0 N–H and O–H groups in total. The van der Waals surface area contributed by atoms with Crippen LogP contribution in [0.1, 0.15) is 53.4 Å². The zero-order valence-corrected chi connectivity index (χ0v) is 13.5. The number of hydrogen-bond acceptors (Lipinski definition) is 2. The van der Waals surface area contributed by atoms with Crippen LogP contribution in [0.5, 0.6) is 0 Å². The Hall–Kier alpha value is -1.18. The first-order valence-electron chi connectivity index (χ1n) is 7.55. The van der Waals surface area contributed by atoms with Gasteiger partial charge in [0.25, 0.3) is 0 Å². The van der Waals surface area contributed by atoms with Gasteiger partial charge in [-0.05, 0) is 50.4 Å². The summed E-state index contributed by atoms with van der Waals surface area (Å²) in [6.07, 6.45) is 7.14. The van der Waals surface area contributed by atoms with Gasteiger partial charge in [-0.15, -0.1) is 13.2 Å². The molecule has 0 saturated heterocycles. The van der Waals surface area contributed by atoms with Crippen molar-refractivity contribution in [2.45, 2.75) is 53.4 Å². The summed E-state index contributed by atoms with van der Waals surface area (Å²) in [5, 5.41) is 0. The van der Waals surface area contributed by atoms with Crippen molar-refractivity contribution in [3.63, 3.8) is 0 Å². The fourth-order valence-electron chi connectivity index (χ4n) is 2.86. The Morgan fingerprint density at radius 3 is 1.35 bits per heavy atom. The van der Waals surface area contributed by atoms with Gasteiger partial charge >= 0.3 is 0 Å². The molecule has 0 saturated carbocycles. The predicted octanol–water partition coefficient (Wildman–Crippen LogP) is 4.60. The van der Waals surface area contributed by atoms with Crippen LogP contribution in [0.25, 0.3) is 0 Å². The standard InChI is InChI=1S/C18H30O2/c1-7-17(13(3)11-15(5)19)9-10-18(8-2)14(4)12-16(6)20/h7-8,13-14,17-18H,1-2,9-12H2,3-6H3/t13-,14+,17-,18+. The van der Waals surface area contributed by atoms with E-state index < -0.39 is 0 Å². The number of carbonyl (C=O) groups is 2. The van der Waals surface area contributed by atoms with Crippen LogP contribution in [0.3, 0.4) is 0 Å². The maximum Gasteiger partial charge on any atom is 0.130 e. The molecule has 0 radical (unpaired) electrons. The lowest BCUT2D eigenvalue weighted by molar-refractivity contribution is -0.119. The van der Waals surface area contributed by atoms with Crippen molar-refractivity contribution in [2.75, 3.05) is 0 Å². The molecule has 20 heavy (non-hydrogen) atoms. The smallest absolute Gasteiger partial charge is 0.130 e. The van der Waals surface area contributed by atoms with Gasteiger partial charge in [0.15, 0.2) is 0 Å². The summed E-state index contributed by atoms with van der Waals surface area (Å²) >= 11 is 0. The van der Waals surface area contributed by atoms with E-state index in [9.17, 15) is 9.59 Å². The molecule has 0 aliphatic carbocycles. The Kier molecular flexibility index (Phi) is 9.11. The summed E-state index contributed by atoms with van der Waals surface area (Å²) in [5.74, 6) is 1.83. The van der Waals surface area contributed by atoms with E-state index >= 15 is 0 Å². The van der Waals surface area contributed by atoms with Crippen LogP contribution < -0.4 is 0 Å². The first-order valence-corrected chi connectivity index (χ1v) is 7.55. The molecule has 0 aliphatic rings. The van der Waals surface area contributed by atoms with Gasteiger partial charge in [0, 0.05) is 12.8 Å². The third-order valence-corrected chi connectivity index (χ3v) is 4.12. The van der Waals surface area contributed by atoms with E-state index in [1.165, 1.54) is 0 Å². The van der Waals surface area contributed by atoms with E-state index in [1.54, 1.807) is 13.8 Å². The fraction of sp³-hybridized carbons (Fsp3) is 0.667. The van der Waals surface area contributed by atoms with E-state index in [4.69, 9.17) is 0 Å². The maximum absolute atomic E-state index is 11.2. The molecule has 0 unspecified atom stereocenters. The van der Waals surface area contributed by atoms with Gasteiger partial charge in [0.2, 0.25) is 0 Å². The van der Waals surface area contributed by atoms with Crippen LogP contribution >= 0.6 is 0 Å². The summed E-state index contributed by atoms with van der Waals surface area (Å²) < 4.78 is 0. The van der Waals surface area contributed by atoms with Gasteiger partial charge in [0.05, 0.1) is 0 Å². The second kappa shape index (κ2) is 9.68. The largest absolute Gasteiger partial charge is 0.300 e. The van der Waals surface area contributed by atoms with Crippen LogP contribution in [0.15, 0.2) is 25.3 Å². The molecule has 0 fully saturated rings. The lowest BCUT2D eigenvalue weighted by Gasteiger charge is -2.24. The quantitative estimate of drug-likeness (QED) is 0.517. The molecule has 0 aliphatic heterocycles. The summed E-state index contributed by atoms with van der Waals surface area (Å²) in [6.45, 7) is 15.3. The summed E-state index contributed by atoms with van der Waals surface area (Å²) in [5.41, 5.74) is 0. The van der Waals surface area contributed by atoms with Gasteiger partial charge in [-0.1, -0.05) is 26.0 Å². The molecule has 2 heteroatoms. The minimum Gasteiger partial charge on any atom is -0.300 e. The van der Waals surface area contributed by atoms with Crippen LogP contribution in [0, 0.1) is 23.7 Å². The lowest BCUT2D eigenvalue weighted by atomic mass is 9.80. The van der Waals surface area contributed by atoms with E-state index in [2.05, 4.69) is 27.0 Å². The van der Waals surface area contributed by atoms with Gasteiger partial charge in [-0.2, -0.15) is 0 Å². The van der Waals surface area contributed by atoms with E-state index in [-0.39, 0.29) is 11.6 Å². The van der Waals surface area contributed by atoms with Crippen molar-refractivity contribution < 1.29 is 9.59 Å². The summed E-state index contributed by atoms with van der Waals surface area (Å²) in [4.78, 5) is 22.4. The van der Waals surface area contributed by atoms with Crippen molar-refractivity contribution in [2.24, 2.45) is 23.7 Å². The van der Waals surface area contributed by atoms with Crippen LogP contribution in [-0.4, -0.2) is 11.6 Å². The highest BCUT2D eigenvalue weighted by Crippen LogP contribution is 2.28. The zero-order chi connectivity index (χ0) is 15.7. The summed E-state index contributed by atoms with van der Waals surface area (Å²) in [6, 6.07) is 0. The molecule has 0 aromatic carbocycles. The molecule has 0 heterocycles. The van der Waals surface area contributed by atoms with Gasteiger partial charge in [0.1, 0.15) is 11.6 Å². The normalized spacial score (nSPS) is 16.8. The number of Topliss-reactive ketones (excluding diaryl/α,β-unsaturated/α-hetero) is 2. The molecule has 0 aromatic heterocycles. The number of allylic oxidation sites excluding steroid dienone is 2. The Morgan fingerprint density at radius 1 is 0.850 bits per heavy atom. The van der Waals surface area contributed by atoms with Crippen molar-refractivity contribution in [1.82, 2.24) is 0 Å². The van der Waals surface area contributed by atoms with Gasteiger partial charge in [-0.3, -0.25) is 0 Å². The second-order valence-corrected chi connectivity index (χ2v) is 6.14. The monoisotopic (exact) mass is 278 g/mol. The molecule has 2 nitrogen and oxygen atoms in total.